The van der Waals surface area contributed by atoms with E-state index in [0.717, 1.165) is 6.20 Å². The van der Waals surface area contributed by atoms with Crippen LogP contribution in [0, 0.1) is 0 Å². The van der Waals surface area contributed by atoms with Crippen molar-refractivity contribution in [3.63, 3.8) is 0 Å². The minimum atomic E-state index is -3.21. The molecule has 0 unspecified atom stereocenters. The molecule has 0 saturated carbocycles. The fourth-order valence-corrected chi connectivity index (χ4v) is 1.59. The summed E-state index contributed by atoms with van der Waals surface area (Å²) in [5, 5.41) is 0. The molecule has 0 aromatic carbocycles. The van der Waals surface area contributed by atoms with Crippen LogP contribution in [-0.2, 0) is 9.31 Å². The molecule has 0 aliphatic carbocycles. The Labute approximate surface area is 126 Å². The van der Waals surface area contributed by atoms with E-state index in [4.69, 9.17) is 20.3 Å². The Morgan fingerprint density at radius 3 is 2.42 bits per heavy atom. The molecule has 0 spiro atoms. The number of rotatable bonds is 3. The summed E-state index contributed by atoms with van der Waals surface area (Å²) < 4.78 is 71.9. The van der Waals surface area contributed by atoms with Crippen LogP contribution < -0.4 is 10.5 Å². The van der Waals surface area contributed by atoms with Gasteiger partial charge in [0.25, 0.3) is 0 Å². The minimum absolute atomic E-state index is 0.133. The molecule has 19 heavy (non-hydrogen) atoms. The van der Waals surface area contributed by atoms with Crippen molar-refractivity contribution in [3.05, 3.63) is 12.4 Å². The largest absolute Gasteiger partial charge is 0.516 e. The van der Waals surface area contributed by atoms with E-state index < -0.39 is 44.5 Å². The van der Waals surface area contributed by atoms with Crippen molar-refractivity contribution < 1.29 is 20.3 Å². The Bertz CT molecular complexity index is 674. The molecule has 0 bridgehead atoms. The summed E-state index contributed by atoms with van der Waals surface area (Å²) in [6.45, 7) is -2.05. The van der Waals surface area contributed by atoms with Crippen molar-refractivity contribution in [3.8, 4) is 0 Å². The third-order valence-corrected chi connectivity index (χ3v) is 3.49. The van der Waals surface area contributed by atoms with Gasteiger partial charge in [0.1, 0.15) is 5.82 Å². The molecule has 1 saturated heterocycles. The lowest BCUT2D eigenvalue weighted by Crippen LogP contribution is -2.41. The quantitative estimate of drug-likeness (QED) is 0.774. The number of anilines is 1. The molecule has 0 atom stereocenters. The first-order valence-electron chi connectivity index (χ1n) is 9.88. The van der Waals surface area contributed by atoms with Gasteiger partial charge in [0.05, 0.1) is 23.0 Å². The van der Waals surface area contributed by atoms with Crippen LogP contribution >= 0.6 is 0 Å². The number of nitrogens with zero attached hydrogens (tertiary/aromatic N) is 3. The van der Waals surface area contributed by atoms with Gasteiger partial charge in [-0.3, -0.25) is 4.98 Å². The van der Waals surface area contributed by atoms with Gasteiger partial charge in [0, 0.05) is 30.6 Å². The van der Waals surface area contributed by atoms with Crippen molar-refractivity contribution in [2.24, 2.45) is 0 Å². The zero-order chi connectivity index (χ0) is 21.1. The number of aromatic nitrogens is 2. The molecular weight excluding hydrogens is 241 g/mol. The van der Waals surface area contributed by atoms with Crippen LogP contribution in [0.3, 0.4) is 0 Å². The van der Waals surface area contributed by atoms with Crippen molar-refractivity contribution in [1.29, 1.82) is 0 Å². The standard InChI is InChI=1S/C13H22BN3O2/c1-7-17(6)11-9-15-10(8-16-11)14-18-12(2,3)13(4,5)19-14/h8-9H,7H2,1-6H3/i1D3,6D3,7D2. The fourth-order valence-electron chi connectivity index (χ4n) is 1.59. The van der Waals surface area contributed by atoms with Gasteiger partial charge in [0.15, 0.2) is 0 Å². The van der Waals surface area contributed by atoms with E-state index in [9.17, 15) is 0 Å². The van der Waals surface area contributed by atoms with Gasteiger partial charge < -0.3 is 14.2 Å². The van der Waals surface area contributed by atoms with Gasteiger partial charge in [-0.15, -0.1) is 0 Å². The van der Waals surface area contributed by atoms with Gasteiger partial charge in [-0.05, 0) is 34.5 Å². The highest BCUT2D eigenvalue weighted by atomic mass is 16.7. The highest BCUT2D eigenvalue weighted by Crippen LogP contribution is 2.36. The summed E-state index contributed by atoms with van der Waals surface area (Å²) in [6.07, 6.45) is 2.18. The smallest absolute Gasteiger partial charge is 0.398 e. The average molecular weight is 271 g/mol. The maximum absolute atomic E-state index is 7.81. The normalized spacial score (nSPS) is 28.9. The first-order valence-corrected chi connectivity index (χ1v) is 5.88. The van der Waals surface area contributed by atoms with Crippen LogP contribution in [-0.4, -0.2) is 41.8 Å². The lowest BCUT2D eigenvalue weighted by Gasteiger charge is -2.32. The molecule has 1 aromatic heterocycles. The Morgan fingerprint density at radius 2 is 1.95 bits per heavy atom. The molecule has 1 fully saturated rings. The van der Waals surface area contributed by atoms with Gasteiger partial charge in [0.2, 0.25) is 0 Å². The molecule has 1 aliphatic rings. The number of hydrogen-bond acceptors (Lipinski definition) is 5. The molecule has 5 nitrogen and oxygen atoms in total. The Kier molecular flexibility index (Phi) is 1.76. The highest BCUT2D eigenvalue weighted by molar-refractivity contribution is 6.61. The summed E-state index contributed by atoms with van der Waals surface area (Å²) in [5.74, 6) is -0.434. The fraction of sp³-hybridized carbons (Fsp3) is 0.692. The Morgan fingerprint density at radius 1 is 1.26 bits per heavy atom. The van der Waals surface area contributed by atoms with Gasteiger partial charge in [-0.1, -0.05) is 0 Å². The molecule has 0 radical (unpaired) electrons. The SMILES string of the molecule is [2H]C([2H])([2H])N(c1cnc(B2OC(C)(C)C(C)(C)O2)cn1)C([2H])([2H])C([2H])([2H])[2H]. The zero-order valence-corrected chi connectivity index (χ0v) is 11.4. The first-order chi connectivity index (χ1) is 11.9. The van der Waals surface area contributed by atoms with E-state index in [1.54, 1.807) is 0 Å². The lowest BCUT2D eigenvalue weighted by atomic mass is 9.85. The van der Waals surface area contributed by atoms with Crippen molar-refractivity contribution in [2.45, 2.75) is 45.7 Å². The molecule has 2 heterocycles. The first kappa shape index (κ1) is 7.04. The van der Waals surface area contributed by atoms with Gasteiger partial charge >= 0.3 is 7.12 Å². The molecule has 1 aliphatic heterocycles. The van der Waals surface area contributed by atoms with Crippen molar-refractivity contribution in [2.75, 3.05) is 18.4 Å². The third kappa shape index (κ3) is 2.60. The van der Waals surface area contributed by atoms with Crippen LogP contribution in [0.5, 0.6) is 0 Å². The molecule has 0 N–H and O–H groups in total. The predicted molar refractivity (Wildman–Crippen MR) is 76.7 cm³/mol. The van der Waals surface area contributed by atoms with Crippen LogP contribution in [0.15, 0.2) is 12.4 Å². The molecule has 104 valence electrons. The van der Waals surface area contributed by atoms with E-state index in [2.05, 4.69) is 9.97 Å². The summed E-state index contributed by atoms with van der Waals surface area (Å²) in [6, 6.07) is 0. The second-order valence-electron chi connectivity index (χ2n) is 5.33. The minimum Gasteiger partial charge on any atom is -0.398 e. The average Bonchev–Trinajstić information content (AvgIpc) is 2.65. The van der Waals surface area contributed by atoms with E-state index in [1.165, 1.54) is 6.20 Å². The van der Waals surface area contributed by atoms with Crippen molar-refractivity contribution in [1.82, 2.24) is 9.97 Å². The van der Waals surface area contributed by atoms with E-state index in [0.29, 0.717) is 0 Å². The Hall–Kier alpha value is -1.14. The summed E-state index contributed by atoms with van der Waals surface area (Å²) in [5.41, 5.74) is -0.958. The molecule has 0 amide bonds. The molecular formula is C13H22BN3O2. The van der Waals surface area contributed by atoms with Gasteiger partial charge in [-0.25, -0.2) is 4.98 Å². The maximum atomic E-state index is 7.81. The van der Waals surface area contributed by atoms with Crippen LogP contribution in [0.4, 0.5) is 5.82 Å². The lowest BCUT2D eigenvalue weighted by molar-refractivity contribution is 0.00578. The van der Waals surface area contributed by atoms with E-state index in [1.807, 2.05) is 27.7 Å². The van der Waals surface area contributed by atoms with Crippen LogP contribution in [0.1, 0.15) is 45.5 Å². The molecule has 1 aromatic rings. The number of hydrogen-bond donors (Lipinski definition) is 0. The van der Waals surface area contributed by atoms with E-state index in [-0.39, 0.29) is 10.5 Å². The zero-order valence-electron chi connectivity index (χ0n) is 19.4. The third-order valence-electron chi connectivity index (χ3n) is 3.49. The predicted octanol–water partition coefficient (Wildman–Crippen LogP) is 1.23. The maximum Gasteiger partial charge on any atom is 0.516 e. The van der Waals surface area contributed by atoms with E-state index >= 15 is 0 Å². The monoisotopic (exact) mass is 271 g/mol. The Balaban J connectivity index is 2.37. The summed E-state index contributed by atoms with van der Waals surface area (Å²) >= 11 is 0. The van der Waals surface area contributed by atoms with Crippen LogP contribution in [0.25, 0.3) is 0 Å². The summed E-state index contributed by atoms with van der Waals surface area (Å²) in [4.78, 5) is 8.12. The molecule has 6 heteroatoms. The van der Waals surface area contributed by atoms with Gasteiger partial charge in [-0.2, -0.15) is 0 Å². The van der Waals surface area contributed by atoms with Crippen molar-refractivity contribution >= 4 is 18.5 Å². The second kappa shape index (κ2) is 4.76. The molecule has 2 rings (SSSR count). The summed E-state index contributed by atoms with van der Waals surface area (Å²) in [7, 11) is -0.836. The van der Waals surface area contributed by atoms with Crippen LogP contribution in [0.2, 0.25) is 0 Å². The second-order valence-corrected chi connectivity index (χ2v) is 5.33. The topological polar surface area (TPSA) is 47.5 Å². The highest BCUT2D eigenvalue weighted by Gasteiger charge is 2.52.